The third kappa shape index (κ3) is 3.78. The van der Waals surface area contributed by atoms with Crippen LogP contribution in [0, 0.1) is 22.6 Å². The highest BCUT2D eigenvalue weighted by Crippen LogP contribution is 2.24. The van der Waals surface area contributed by atoms with Crippen LogP contribution in [0.1, 0.15) is 32.8 Å². The molecule has 0 fully saturated rings. The van der Waals surface area contributed by atoms with Crippen LogP contribution in [-0.4, -0.2) is 17.4 Å². The van der Waals surface area contributed by atoms with Gasteiger partial charge in [0.05, 0.1) is 6.07 Å². The number of amides is 1. The van der Waals surface area contributed by atoms with Crippen molar-refractivity contribution in [2.75, 3.05) is 6.54 Å². The molecule has 0 atom stereocenters. The Bertz CT molecular complexity index is 491. The second-order valence-corrected chi connectivity index (χ2v) is 5.15. The number of benzene rings is 1. The van der Waals surface area contributed by atoms with E-state index < -0.39 is 5.41 Å². The fourth-order valence-corrected chi connectivity index (χ4v) is 1.70. The first kappa shape index (κ1) is 15.2. The van der Waals surface area contributed by atoms with Crippen molar-refractivity contribution in [2.45, 2.75) is 33.7 Å². The highest BCUT2D eigenvalue weighted by atomic mass is 19.1. The maximum absolute atomic E-state index is 13.6. The molecule has 0 aliphatic heterocycles. The molecule has 3 nitrogen and oxygen atoms in total. The van der Waals surface area contributed by atoms with Crippen molar-refractivity contribution in [1.82, 2.24) is 4.90 Å². The molecule has 19 heavy (non-hydrogen) atoms. The number of hydrogen-bond donors (Lipinski definition) is 0. The van der Waals surface area contributed by atoms with Crippen LogP contribution in [0.3, 0.4) is 0 Å². The van der Waals surface area contributed by atoms with Gasteiger partial charge in [-0.05, 0) is 12.5 Å². The zero-order valence-electron chi connectivity index (χ0n) is 11.6. The number of nitriles is 1. The van der Waals surface area contributed by atoms with Crippen LogP contribution in [0.4, 0.5) is 4.39 Å². The minimum absolute atomic E-state index is 0.0312. The molecule has 1 aromatic rings. The summed E-state index contributed by atoms with van der Waals surface area (Å²) in [6, 6.07) is 8.28. The van der Waals surface area contributed by atoms with Gasteiger partial charge in [-0.25, -0.2) is 4.39 Å². The average molecular weight is 262 g/mol. The average Bonchev–Trinajstić information content (AvgIpc) is 2.39. The summed E-state index contributed by atoms with van der Waals surface area (Å²) in [5.41, 5.74) is -0.111. The third-order valence-corrected chi connectivity index (χ3v) is 3.33. The zero-order valence-corrected chi connectivity index (χ0v) is 11.6. The molecule has 102 valence electrons. The van der Waals surface area contributed by atoms with Gasteiger partial charge in [-0.1, -0.05) is 39.0 Å². The SMILES string of the molecule is CCC(C)(C)C(=O)N(CC#N)Cc1ccccc1F. The van der Waals surface area contributed by atoms with Crippen molar-refractivity contribution in [3.05, 3.63) is 35.6 Å². The third-order valence-electron chi connectivity index (χ3n) is 3.33. The minimum atomic E-state index is -0.540. The monoisotopic (exact) mass is 262 g/mol. The molecule has 0 aliphatic carbocycles. The Balaban J connectivity index is 2.94. The van der Waals surface area contributed by atoms with Gasteiger partial charge in [0.2, 0.25) is 5.91 Å². The van der Waals surface area contributed by atoms with Crippen molar-refractivity contribution in [3.8, 4) is 6.07 Å². The Hall–Kier alpha value is -1.89. The van der Waals surface area contributed by atoms with E-state index >= 15 is 0 Å². The molecule has 0 N–H and O–H groups in total. The van der Waals surface area contributed by atoms with E-state index in [4.69, 9.17) is 5.26 Å². The molecule has 0 radical (unpaired) electrons. The quantitative estimate of drug-likeness (QED) is 0.765. The molecule has 0 unspecified atom stereocenters. The van der Waals surface area contributed by atoms with Crippen LogP contribution in [0.5, 0.6) is 0 Å². The van der Waals surface area contributed by atoms with Crippen LogP contribution < -0.4 is 0 Å². The second-order valence-electron chi connectivity index (χ2n) is 5.15. The fourth-order valence-electron chi connectivity index (χ4n) is 1.70. The summed E-state index contributed by atoms with van der Waals surface area (Å²) in [5, 5.41) is 8.83. The standard InChI is InChI=1S/C15H19FN2O/c1-4-15(2,3)14(19)18(10-9-17)11-12-7-5-6-8-13(12)16/h5-8H,4,10-11H2,1-3H3. The van der Waals surface area contributed by atoms with E-state index in [1.54, 1.807) is 18.2 Å². The van der Waals surface area contributed by atoms with Gasteiger partial charge in [0.25, 0.3) is 0 Å². The number of hydrogen-bond acceptors (Lipinski definition) is 2. The van der Waals surface area contributed by atoms with Crippen molar-refractivity contribution in [3.63, 3.8) is 0 Å². The van der Waals surface area contributed by atoms with Gasteiger partial charge in [0, 0.05) is 17.5 Å². The van der Waals surface area contributed by atoms with Gasteiger partial charge in [0.15, 0.2) is 0 Å². The van der Waals surface area contributed by atoms with Gasteiger partial charge in [0.1, 0.15) is 12.4 Å². The molecule has 0 bridgehead atoms. The smallest absolute Gasteiger partial charge is 0.229 e. The summed E-state index contributed by atoms with van der Waals surface area (Å²) >= 11 is 0. The normalized spacial score (nSPS) is 10.9. The fraction of sp³-hybridized carbons (Fsp3) is 0.467. The lowest BCUT2D eigenvalue weighted by atomic mass is 9.88. The summed E-state index contributed by atoms with van der Waals surface area (Å²) in [7, 11) is 0. The first-order valence-electron chi connectivity index (χ1n) is 6.32. The molecule has 0 aromatic heterocycles. The predicted molar refractivity (Wildman–Crippen MR) is 71.5 cm³/mol. The van der Waals surface area contributed by atoms with Crippen LogP contribution >= 0.6 is 0 Å². The number of rotatable bonds is 5. The minimum Gasteiger partial charge on any atom is -0.324 e. The summed E-state index contributed by atoms with van der Waals surface area (Å²) in [5.74, 6) is -0.479. The van der Waals surface area contributed by atoms with Crippen molar-refractivity contribution in [1.29, 1.82) is 5.26 Å². The second kappa shape index (κ2) is 6.33. The van der Waals surface area contributed by atoms with Crippen molar-refractivity contribution in [2.24, 2.45) is 5.41 Å². The van der Waals surface area contributed by atoms with E-state index in [0.717, 1.165) is 0 Å². The van der Waals surface area contributed by atoms with E-state index in [9.17, 15) is 9.18 Å². The molecule has 0 heterocycles. The largest absolute Gasteiger partial charge is 0.324 e. The maximum atomic E-state index is 13.6. The Labute approximate surface area is 113 Å². The van der Waals surface area contributed by atoms with E-state index in [1.165, 1.54) is 11.0 Å². The first-order valence-corrected chi connectivity index (χ1v) is 6.32. The predicted octanol–water partition coefficient (Wildman–Crippen LogP) is 3.11. The van der Waals surface area contributed by atoms with Gasteiger partial charge in [-0.15, -0.1) is 0 Å². The number of carbonyl (C=O) groups is 1. The Morgan fingerprint density at radius 3 is 2.58 bits per heavy atom. The molecule has 0 spiro atoms. The lowest BCUT2D eigenvalue weighted by Gasteiger charge is -2.29. The molecule has 0 saturated carbocycles. The molecular formula is C15H19FN2O. The summed E-state index contributed by atoms with van der Waals surface area (Å²) in [6.45, 7) is 5.69. The van der Waals surface area contributed by atoms with Crippen LogP contribution in [0.25, 0.3) is 0 Å². The van der Waals surface area contributed by atoms with E-state index in [0.29, 0.717) is 12.0 Å². The lowest BCUT2D eigenvalue weighted by molar-refractivity contribution is -0.140. The van der Waals surface area contributed by atoms with Crippen LogP contribution in [0.15, 0.2) is 24.3 Å². The number of nitrogens with zero attached hydrogens (tertiary/aromatic N) is 2. The van der Waals surface area contributed by atoms with Gasteiger partial charge < -0.3 is 4.90 Å². The lowest BCUT2D eigenvalue weighted by Crippen LogP contribution is -2.40. The Kier molecular flexibility index (Phi) is 5.05. The summed E-state index contributed by atoms with van der Waals surface area (Å²) in [4.78, 5) is 13.8. The van der Waals surface area contributed by atoms with Crippen molar-refractivity contribution < 1.29 is 9.18 Å². The highest BCUT2D eigenvalue weighted by molar-refractivity contribution is 5.82. The Morgan fingerprint density at radius 2 is 2.05 bits per heavy atom. The molecular weight excluding hydrogens is 243 g/mol. The number of carbonyl (C=O) groups excluding carboxylic acids is 1. The topological polar surface area (TPSA) is 44.1 Å². The first-order chi connectivity index (χ1) is 8.92. The van der Waals surface area contributed by atoms with Crippen molar-refractivity contribution >= 4 is 5.91 Å². The zero-order chi connectivity index (χ0) is 14.5. The van der Waals surface area contributed by atoms with Crippen LogP contribution in [0.2, 0.25) is 0 Å². The maximum Gasteiger partial charge on any atom is 0.229 e. The van der Waals surface area contributed by atoms with E-state index in [-0.39, 0.29) is 24.8 Å². The summed E-state index contributed by atoms with van der Waals surface area (Å²) in [6.07, 6.45) is 0.672. The highest BCUT2D eigenvalue weighted by Gasteiger charge is 2.30. The van der Waals surface area contributed by atoms with E-state index in [2.05, 4.69) is 0 Å². The molecule has 0 saturated heterocycles. The molecule has 4 heteroatoms. The van der Waals surface area contributed by atoms with Gasteiger partial charge in [-0.2, -0.15) is 5.26 Å². The van der Waals surface area contributed by atoms with Gasteiger partial charge in [-0.3, -0.25) is 4.79 Å². The van der Waals surface area contributed by atoms with Crippen LogP contribution in [-0.2, 0) is 11.3 Å². The van der Waals surface area contributed by atoms with E-state index in [1.807, 2.05) is 26.8 Å². The molecule has 1 aromatic carbocycles. The molecule has 1 rings (SSSR count). The summed E-state index contributed by atoms with van der Waals surface area (Å²) < 4.78 is 13.6. The van der Waals surface area contributed by atoms with Gasteiger partial charge >= 0.3 is 0 Å². The molecule has 1 amide bonds. The Morgan fingerprint density at radius 1 is 1.42 bits per heavy atom. The molecule has 0 aliphatic rings. The number of halogens is 1.